The minimum Gasteiger partial charge on any atom is -0.455 e. The number of carbonyl (C=O) groups excluding carboxylic acids is 2. The molecule has 2 heterocycles. The number of oxazole rings is 1. The zero-order valence-corrected chi connectivity index (χ0v) is 13.8. The van der Waals surface area contributed by atoms with Crippen LogP contribution in [0.3, 0.4) is 0 Å². The molecule has 0 unspecified atom stereocenters. The molecule has 1 aliphatic heterocycles. The van der Waals surface area contributed by atoms with E-state index in [4.69, 9.17) is 13.9 Å². The highest BCUT2D eigenvalue weighted by atomic mass is 32.2. The van der Waals surface area contributed by atoms with E-state index in [-0.39, 0.29) is 24.4 Å². The largest absolute Gasteiger partial charge is 0.455 e. The predicted octanol–water partition coefficient (Wildman–Crippen LogP) is 1.76. The lowest BCUT2D eigenvalue weighted by Crippen LogP contribution is -2.35. The molecule has 0 saturated carbocycles. The summed E-state index contributed by atoms with van der Waals surface area (Å²) in [5, 5.41) is 3.09. The first-order valence-corrected chi connectivity index (χ1v) is 8.71. The van der Waals surface area contributed by atoms with E-state index in [1.54, 1.807) is 0 Å². The number of carbonyl (C=O) groups is 2. The van der Waals surface area contributed by atoms with Crippen LogP contribution in [0.4, 0.5) is 0 Å². The van der Waals surface area contributed by atoms with Gasteiger partial charge in [0.05, 0.1) is 6.10 Å². The maximum atomic E-state index is 11.7. The maximum Gasteiger partial charge on any atom is 0.316 e. The molecule has 1 aliphatic rings. The predicted molar refractivity (Wildman–Crippen MR) is 87.7 cm³/mol. The van der Waals surface area contributed by atoms with Crippen molar-refractivity contribution in [1.29, 1.82) is 0 Å². The third-order valence-corrected chi connectivity index (χ3v) is 4.30. The van der Waals surface area contributed by atoms with Crippen LogP contribution in [0.2, 0.25) is 0 Å². The number of nitrogens with zero attached hydrogens (tertiary/aromatic N) is 1. The van der Waals surface area contributed by atoms with Crippen LogP contribution in [-0.2, 0) is 19.1 Å². The van der Waals surface area contributed by atoms with Gasteiger partial charge in [-0.05, 0) is 25.0 Å². The van der Waals surface area contributed by atoms with Crippen molar-refractivity contribution in [3.05, 3.63) is 24.3 Å². The molecule has 2 aromatic rings. The lowest BCUT2D eigenvalue weighted by atomic mass is 10.2. The monoisotopic (exact) mass is 350 g/mol. The zero-order valence-electron chi connectivity index (χ0n) is 13.0. The van der Waals surface area contributed by atoms with Crippen molar-refractivity contribution in [3.63, 3.8) is 0 Å². The molecule has 0 bridgehead atoms. The average molecular weight is 350 g/mol. The lowest BCUT2D eigenvalue weighted by Gasteiger charge is -2.10. The van der Waals surface area contributed by atoms with E-state index >= 15 is 0 Å². The number of hydrogen-bond acceptors (Lipinski definition) is 7. The van der Waals surface area contributed by atoms with Gasteiger partial charge in [-0.1, -0.05) is 23.9 Å². The molecule has 1 atom stereocenters. The van der Waals surface area contributed by atoms with Crippen LogP contribution in [0, 0.1) is 0 Å². The van der Waals surface area contributed by atoms with Crippen molar-refractivity contribution in [2.45, 2.75) is 24.2 Å². The first kappa shape index (κ1) is 16.8. The molecule has 1 saturated heterocycles. The van der Waals surface area contributed by atoms with Gasteiger partial charge < -0.3 is 19.2 Å². The summed E-state index contributed by atoms with van der Waals surface area (Å²) in [6, 6.07) is 7.36. The Hall–Kier alpha value is -2.06. The molecule has 128 valence electrons. The van der Waals surface area contributed by atoms with Crippen LogP contribution < -0.4 is 5.32 Å². The van der Waals surface area contributed by atoms with Crippen LogP contribution in [0.5, 0.6) is 0 Å². The van der Waals surface area contributed by atoms with E-state index in [1.807, 2.05) is 24.3 Å². The van der Waals surface area contributed by atoms with Crippen molar-refractivity contribution >= 4 is 34.7 Å². The summed E-state index contributed by atoms with van der Waals surface area (Å²) < 4.78 is 15.8. The standard InChI is InChI=1S/C16H18N2O5S/c19-14(17-8-11-4-3-7-21-11)9-22-15(20)10-24-16-18-12-5-1-2-6-13(12)23-16/h1-2,5-6,11H,3-4,7-10H2,(H,17,19)/t11-/m1/s1. The van der Waals surface area contributed by atoms with E-state index in [2.05, 4.69) is 10.3 Å². The highest BCUT2D eigenvalue weighted by Gasteiger charge is 2.17. The van der Waals surface area contributed by atoms with Crippen molar-refractivity contribution in [1.82, 2.24) is 10.3 Å². The Kier molecular flexibility index (Phi) is 5.71. The molecule has 1 aromatic heterocycles. The summed E-state index contributed by atoms with van der Waals surface area (Å²) >= 11 is 1.14. The number of fused-ring (bicyclic) bond motifs is 1. The fourth-order valence-electron chi connectivity index (χ4n) is 2.31. The quantitative estimate of drug-likeness (QED) is 0.601. The van der Waals surface area contributed by atoms with Gasteiger partial charge in [0.2, 0.25) is 0 Å². The van der Waals surface area contributed by atoms with Gasteiger partial charge in [0.15, 0.2) is 12.2 Å². The minimum atomic E-state index is -0.491. The molecule has 24 heavy (non-hydrogen) atoms. The molecule has 1 amide bonds. The van der Waals surface area contributed by atoms with Crippen LogP contribution in [0.15, 0.2) is 33.9 Å². The molecule has 0 spiro atoms. The highest BCUT2D eigenvalue weighted by molar-refractivity contribution is 7.99. The summed E-state index contributed by atoms with van der Waals surface area (Å²) in [6.07, 6.45) is 2.03. The highest BCUT2D eigenvalue weighted by Crippen LogP contribution is 2.23. The Labute approximate surface area is 143 Å². The normalized spacial score (nSPS) is 17.1. The zero-order chi connectivity index (χ0) is 16.8. The number of aromatic nitrogens is 1. The Morgan fingerprint density at radius 3 is 3.04 bits per heavy atom. The van der Waals surface area contributed by atoms with Crippen molar-refractivity contribution in [2.24, 2.45) is 0 Å². The van der Waals surface area contributed by atoms with Gasteiger partial charge in [-0.3, -0.25) is 9.59 Å². The van der Waals surface area contributed by atoms with Gasteiger partial charge in [0, 0.05) is 13.2 Å². The maximum absolute atomic E-state index is 11.7. The van der Waals surface area contributed by atoms with E-state index < -0.39 is 5.97 Å². The Morgan fingerprint density at radius 1 is 1.38 bits per heavy atom. The molecule has 1 fully saturated rings. The molecule has 3 rings (SSSR count). The summed E-state index contributed by atoms with van der Waals surface area (Å²) in [5.41, 5.74) is 1.41. The van der Waals surface area contributed by atoms with Crippen molar-refractivity contribution in [2.75, 3.05) is 25.5 Å². The van der Waals surface area contributed by atoms with Gasteiger partial charge in [0.25, 0.3) is 11.1 Å². The fraction of sp³-hybridized carbons (Fsp3) is 0.438. The van der Waals surface area contributed by atoms with Gasteiger partial charge in [0.1, 0.15) is 11.3 Å². The van der Waals surface area contributed by atoms with Crippen molar-refractivity contribution < 1.29 is 23.5 Å². The molecule has 7 nitrogen and oxygen atoms in total. The van der Waals surface area contributed by atoms with Crippen LogP contribution in [0.1, 0.15) is 12.8 Å². The molecule has 1 aromatic carbocycles. The molecule has 0 radical (unpaired) electrons. The number of ether oxygens (including phenoxy) is 2. The molecular formula is C16H18N2O5S. The van der Waals surface area contributed by atoms with Crippen LogP contribution in [-0.4, -0.2) is 48.5 Å². The second-order valence-corrected chi connectivity index (χ2v) is 6.26. The first-order valence-electron chi connectivity index (χ1n) is 7.73. The van der Waals surface area contributed by atoms with E-state index in [9.17, 15) is 9.59 Å². The summed E-state index contributed by atoms with van der Waals surface area (Å²) in [4.78, 5) is 27.5. The van der Waals surface area contributed by atoms with Gasteiger partial charge in [-0.2, -0.15) is 0 Å². The number of benzene rings is 1. The number of rotatable bonds is 7. The molecule has 1 N–H and O–H groups in total. The Morgan fingerprint density at radius 2 is 2.25 bits per heavy atom. The Balaban J connectivity index is 1.35. The SMILES string of the molecule is O=C(COC(=O)CSc1nc2ccccc2o1)NC[C@H]1CCCO1. The van der Waals surface area contributed by atoms with Crippen molar-refractivity contribution in [3.8, 4) is 0 Å². The number of para-hydroxylation sites is 2. The van der Waals surface area contributed by atoms with Gasteiger partial charge >= 0.3 is 5.97 Å². The summed E-state index contributed by atoms with van der Waals surface area (Å²) in [6.45, 7) is 0.899. The Bertz CT molecular complexity index is 678. The number of thioether (sulfide) groups is 1. The van der Waals surface area contributed by atoms with Gasteiger partial charge in [-0.25, -0.2) is 4.98 Å². The lowest BCUT2D eigenvalue weighted by molar-refractivity contribution is -0.146. The number of hydrogen-bond donors (Lipinski definition) is 1. The average Bonchev–Trinajstić information content (AvgIpc) is 3.25. The fourth-order valence-corrected chi connectivity index (χ4v) is 2.94. The van der Waals surface area contributed by atoms with Gasteiger partial charge in [-0.15, -0.1) is 0 Å². The second kappa shape index (κ2) is 8.16. The van der Waals surface area contributed by atoms with E-state index in [0.717, 1.165) is 36.7 Å². The van der Waals surface area contributed by atoms with Crippen LogP contribution >= 0.6 is 11.8 Å². The third-order valence-electron chi connectivity index (χ3n) is 3.50. The third kappa shape index (κ3) is 4.72. The van der Waals surface area contributed by atoms with Crippen LogP contribution in [0.25, 0.3) is 11.1 Å². The second-order valence-electron chi connectivity index (χ2n) is 5.34. The minimum absolute atomic E-state index is 0.0336. The van der Waals surface area contributed by atoms with E-state index in [0.29, 0.717) is 17.4 Å². The molecule has 8 heteroatoms. The first-order chi connectivity index (χ1) is 11.7. The summed E-state index contributed by atoms with van der Waals surface area (Å²) in [5.74, 6) is -0.786. The summed E-state index contributed by atoms with van der Waals surface area (Å²) in [7, 11) is 0. The topological polar surface area (TPSA) is 90.7 Å². The number of esters is 1. The van der Waals surface area contributed by atoms with E-state index in [1.165, 1.54) is 0 Å². The number of amides is 1. The molecular weight excluding hydrogens is 332 g/mol. The smallest absolute Gasteiger partial charge is 0.316 e. The number of nitrogens with one attached hydrogen (secondary N) is 1. The molecule has 0 aliphatic carbocycles.